The average molecular weight is 375 g/mol. The fourth-order valence-corrected chi connectivity index (χ4v) is 3.25. The number of nitrogens with one attached hydrogen (secondary N) is 1. The Kier molecular flexibility index (Phi) is 4.86. The van der Waals surface area contributed by atoms with Gasteiger partial charge in [-0.25, -0.2) is 13.1 Å². The van der Waals surface area contributed by atoms with E-state index in [1.165, 1.54) is 19.2 Å². The Labute approximate surface area is 131 Å². The van der Waals surface area contributed by atoms with E-state index < -0.39 is 10.0 Å². The monoisotopic (exact) mass is 374 g/mol. The zero-order chi connectivity index (χ0) is 15.5. The number of ether oxygens (including phenoxy) is 1. The summed E-state index contributed by atoms with van der Waals surface area (Å²) in [7, 11) is -2.31. The highest BCUT2D eigenvalue weighted by Gasteiger charge is 2.20. The molecule has 0 fully saturated rings. The van der Waals surface area contributed by atoms with Crippen LogP contribution < -0.4 is 15.2 Å². The molecule has 0 aliphatic heterocycles. The Morgan fingerprint density at radius 2 is 2.24 bits per heavy atom. The van der Waals surface area contributed by atoms with Gasteiger partial charge in [0.2, 0.25) is 10.0 Å². The normalized spacial score (nSPS) is 11.5. The van der Waals surface area contributed by atoms with E-state index in [9.17, 15) is 8.42 Å². The van der Waals surface area contributed by atoms with Crippen molar-refractivity contribution in [3.05, 3.63) is 35.1 Å². The summed E-state index contributed by atoms with van der Waals surface area (Å²) in [5.41, 5.74) is 6.06. The third kappa shape index (κ3) is 3.74. The summed E-state index contributed by atoms with van der Waals surface area (Å²) in [4.78, 5) is 0.00571. The van der Waals surface area contributed by atoms with Gasteiger partial charge in [0.05, 0.1) is 13.7 Å². The predicted octanol–water partition coefficient (Wildman–Crippen LogP) is 1.21. The molecule has 114 valence electrons. The molecule has 0 aliphatic rings. The maximum atomic E-state index is 12.3. The fraction of sp³-hybridized carbons (Fsp3) is 0.250. The van der Waals surface area contributed by atoms with Gasteiger partial charge in [0.1, 0.15) is 10.6 Å². The van der Waals surface area contributed by atoms with Gasteiger partial charge < -0.3 is 10.5 Å². The summed E-state index contributed by atoms with van der Waals surface area (Å²) < 4.78 is 34.4. The maximum absolute atomic E-state index is 12.3. The van der Waals surface area contributed by atoms with Crippen LogP contribution >= 0.6 is 15.9 Å². The van der Waals surface area contributed by atoms with E-state index in [-0.39, 0.29) is 17.2 Å². The zero-order valence-electron chi connectivity index (χ0n) is 11.3. The molecule has 0 saturated heterocycles. The molecular formula is C12H15BrN4O3S. The maximum Gasteiger partial charge on any atom is 0.244 e. The standard InChI is InChI=1S/C12H15BrN4O3S/c1-20-11-7-9(13)10(14)8-12(11)21(18,19)16-4-6-17-5-2-3-15-17/h2-3,5,7-8,16H,4,6,14H2,1H3. The number of hydrogen-bond donors (Lipinski definition) is 2. The van der Waals surface area contributed by atoms with Gasteiger partial charge >= 0.3 is 0 Å². The van der Waals surface area contributed by atoms with Crippen molar-refractivity contribution in [2.45, 2.75) is 11.4 Å². The predicted molar refractivity (Wildman–Crippen MR) is 82.5 cm³/mol. The van der Waals surface area contributed by atoms with Crippen LogP contribution in [0, 0.1) is 0 Å². The number of anilines is 1. The van der Waals surface area contributed by atoms with Crippen LogP contribution in [-0.4, -0.2) is 31.9 Å². The van der Waals surface area contributed by atoms with Crippen LogP contribution in [-0.2, 0) is 16.6 Å². The molecule has 0 saturated carbocycles. The summed E-state index contributed by atoms with van der Waals surface area (Å²) in [5, 5.41) is 4.00. The Bertz CT molecular complexity index is 716. The molecule has 0 bridgehead atoms. The van der Waals surface area contributed by atoms with Crippen LogP contribution in [0.5, 0.6) is 5.75 Å². The molecule has 9 heteroatoms. The van der Waals surface area contributed by atoms with E-state index >= 15 is 0 Å². The van der Waals surface area contributed by atoms with Gasteiger partial charge in [0.25, 0.3) is 0 Å². The van der Waals surface area contributed by atoms with Gasteiger partial charge in [-0.05, 0) is 34.1 Å². The number of sulfonamides is 1. The number of hydrogen-bond acceptors (Lipinski definition) is 5. The van der Waals surface area contributed by atoms with Crippen molar-refractivity contribution in [3.8, 4) is 5.75 Å². The van der Waals surface area contributed by atoms with Crippen LogP contribution in [0.25, 0.3) is 0 Å². The smallest absolute Gasteiger partial charge is 0.244 e. The van der Waals surface area contributed by atoms with Gasteiger partial charge in [-0.2, -0.15) is 5.10 Å². The van der Waals surface area contributed by atoms with Gasteiger partial charge in [-0.3, -0.25) is 4.68 Å². The average Bonchev–Trinajstić information content (AvgIpc) is 2.94. The Morgan fingerprint density at radius 1 is 1.48 bits per heavy atom. The summed E-state index contributed by atoms with van der Waals surface area (Å²) in [6.45, 7) is 0.643. The van der Waals surface area contributed by atoms with Crippen LogP contribution in [0.15, 0.2) is 40.0 Å². The van der Waals surface area contributed by atoms with Gasteiger partial charge in [0.15, 0.2) is 0 Å². The van der Waals surface area contributed by atoms with Crippen LogP contribution in [0.3, 0.4) is 0 Å². The molecule has 1 aromatic heterocycles. The molecule has 1 heterocycles. The van der Waals surface area contributed by atoms with Crippen LogP contribution in [0.2, 0.25) is 0 Å². The molecule has 0 amide bonds. The quantitative estimate of drug-likeness (QED) is 0.740. The molecule has 2 aromatic rings. The minimum Gasteiger partial charge on any atom is -0.495 e. The first-order valence-corrected chi connectivity index (χ1v) is 8.32. The largest absolute Gasteiger partial charge is 0.495 e. The van der Waals surface area contributed by atoms with Crippen molar-refractivity contribution in [1.29, 1.82) is 0 Å². The molecule has 21 heavy (non-hydrogen) atoms. The third-order valence-corrected chi connectivity index (χ3v) is 4.93. The lowest BCUT2D eigenvalue weighted by atomic mass is 10.3. The lowest BCUT2D eigenvalue weighted by molar-refractivity contribution is 0.402. The van der Waals surface area contributed by atoms with Crippen molar-refractivity contribution in [2.75, 3.05) is 19.4 Å². The first kappa shape index (κ1) is 15.8. The van der Waals surface area contributed by atoms with Gasteiger partial charge in [0, 0.05) is 29.1 Å². The van der Waals surface area contributed by atoms with Crippen LogP contribution in [0.4, 0.5) is 5.69 Å². The van der Waals surface area contributed by atoms with E-state index in [1.807, 2.05) is 0 Å². The highest BCUT2D eigenvalue weighted by molar-refractivity contribution is 9.10. The molecule has 0 atom stereocenters. The van der Waals surface area contributed by atoms with Gasteiger partial charge in [-0.1, -0.05) is 0 Å². The molecule has 0 spiro atoms. The Hall–Kier alpha value is -1.58. The fourth-order valence-electron chi connectivity index (χ4n) is 1.73. The number of methoxy groups -OCH3 is 1. The second-order valence-electron chi connectivity index (χ2n) is 4.19. The second-order valence-corrected chi connectivity index (χ2v) is 6.78. The number of nitrogens with two attached hydrogens (primary N) is 1. The number of benzene rings is 1. The van der Waals surface area contributed by atoms with E-state index in [4.69, 9.17) is 10.5 Å². The number of rotatable bonds is 6. The number of halogens is 1. The summed E-state index contributed by atoms with van der Waals surface area (Å²) in [6, 6.07) is 4.66. The minimum absolute atomic E-state index is 0.00571. The highest BCUT2D eigenvalue weighted by atomic mass is 79.9. The highest BCUT2D eigenvalue weighted by Crippen LogP contribution is 2.32. The van der Waals surface area contributed by atoms with Crippen molar-refractivity contribution < 1.29 is 13.2 Å². The van der Waals surface area contributed by atoms with Gasteiger partial charge in [-0.15, -0.1) is 0 Å². The topological polar surface area (TPSA) is 99.2 Å². The first-order valence-electron chi connectivity index (χ1n) is 6.04. The Balaban J connectivity index is 2.17. The SMILES string of the molecule is COc1cc(Br)c(N)cc1S(=O)(=O)NCCn1cccn1. The lowest BCUT2D eigenvalue weighted by Gasteiger charge is -2.12. The summed E-state index contributed by atoms with van der Waals surface area (Å²) >= 11 is 3.23. The number of nitrogen functional groups attached to an aromatic ring is 1. The molecular weight excluding hydrogens is 360 g/mol. The first-order chi connectivity index (χ1) is 9.94. The lowest BCUT2D eigenvalue weighted by Crippen LogP contribution is -2.28. The van der Waals surface area contributed by atoms with Crippen LogP contribution in [0.1, 0.15) is 0 Å². The summed E-state index contributed by atoms with van der Waals surface area (Å²) in [6.07, 6.45) is 3.39. The van der Waals surface area contributed by atoms with Crippen molar-refractivity contribution in [2.24, 2.45) is 0 Å². The number of aromatic nitrogens is 2. The molecule has 0 aliphatic carbocycles. The van der Waals surface area contributed by atoms with E-state index in [2.05, 4.69) is 25.8 Å². The minimum atomic E-state index is -3.71. The molecule has 7 nitrogen and oxygen atoms in total. The van der Waals surface area contributed by atoms with Crippen molar-refractivity contribution in [1.82, 2.24) is 14.5 Å². The van der Waals surface area contributed by atoms with Crippen molar-refractivity contribution in [3.63, 3.8) is 0 Å². The zero-order valence-corrected chi connectivity index (χ0v) is 13.7. The van der Waals surface area contributed by atoms with E-state index in [0.29, 0.717) is 16.7 Å². The van der Waals surface area contributed by atoms with E-state index in [1.54, 1.807) is 23.1 Å². The summed E-state index contributed by atoms with van der Waals surface area (Å²) in [5.74, 6) is 0.225. The molecule has 1 aromatic carbocycles. The molecule has 0 radical (unpaired) electrons. The number of nitrogens with zero attached hydrogens (tertiary/aromatic N) is 2. The molecule has 0 unspecified atom stereocenters. The third-order valence-electron chi connectivity index (χ3n) is 2.76. The van der Waals surface area contributed by atoms with E-state index in [0.717, 1.165) is 0 Å². The molecule has 2 rings (SSSR count). The second kappa shape index (κ2) is 6.46. The molecule has 3 N–H and O–H groups in total. The van der Waals surface area contributed by atoms with Crippen molar-refractivity contribution >= 4 is 31.6 Å². The Morgan fingerprint density at radius 3 is 2.86 bits per heavy atom.